The zero-order valence-electron chi connectivity index (χ0n) is 15.5. The highest BCUT2D eigenvalue weighted by atomic mass is 32.2. The van der Waals surface area contributed by atoms with Crippen molar-refractivity contribution < 1.29 is 8.42 Å². The molecule has 0 aliphatic heterocycles. The molecule has 0 saturated heterocycles. The molecule has 26 heavy (non-hydrogen) atoms. The van der Waals surface area contributed by atoms with Crippen LogP contribution in [0.5, 0.6) is 0 Å². The van der Waals surface area contributed by atoms with Crippen LogP contribution in [0.15, 0.2) is 47.5 Å². The molecule has 1 aromatic carbocycles. The first-order valence-electron chi connectivity index (χ1n) is 9.16. The number of aromatic nitrogens is 1. The Balaban J connectivity index is 1.65. The summed E-state index contributed by atoms with van der Waals surface area (Å²) < 4.78 is 23.7. The highest BCUT2D eigenvalue weighted by molar-refractivity contribution is 7.90. The zero-order chi connectivity index (χ0) is 18.6. The van der Waals surface area contributed by atoms with Gasteiger partial charge in [0.25, 0.3) is 0 Å². The number of hydrogen-bond donors (Lipinski definition) is 1. The summed E-state index contributed by atoms with van der Waals surface area (Å²) in [5.74, 6) is 0.401. The Labute approximate surface area is 156 Å². The van der Waals surface area contributed by atoms with E-state index in [0.717, 1.165) is 5.56 Å². The molecule has 1 fully saturated rings. The van der Waals surface area contributed by atoms with Gasteiger partial charge in [-0.1, -0.05) is 31.4 Å². The standard InChI is InChI=1S/C20H27N3O2S/c1-23(17-7-4-3-5-8-17)18-12-10-16(11-13-18)15-22-20-19(26(2,24)25)9-6-14-21-20/h6,9-14,17H,3-5,7-8,15H2,1-2H3,(H,21,22). The second kappa shape index (κ2) is 8.08. The maximum Gasteiger partial charge on any atom is 0.179 e. The fourth-order valence-corrected chi connectivity index (χ4v) is 4.34. The highest BCUT2D eigenvalue weighted by Gasteiger charge is 2.18. The van der Waals surface area contributed by atoms with Gasteiger partial charge in [-0.15, -0.1) is 0 Å². The molecule has 1 N–H and O–H groups in total. The fourth-order valence-electron chi connectivity index (χ4n) is 3.54. The lowest BCUT2D eigenvalue weighted by molar-refractivity contribution is 0.427. The van der Waals surface area contributed by atoms with Gasteiger partial charge in [0.1, 0.15) is 10.7 Å². The predicted octanol–water partition coefficient (Wildman–Crippen LogP) is 3.87. The van der Waals surface area contributed by atoms with Gasteiger partial charge in [-0.2, -0.15) is 0 Å². The Kier molecular flexibility index (Phi) is 5.81. The fraction of sp³-hybridized carbons (Fsp3) is 0.450. The van der Waals surface area contributed by atoms with E-state index in [4.69, 9.17) is 0 Å². The van der Waals surface area contributed by atoms with Crippen LogP contribution in [0.2, 0.25) is 0 Å². The lowest BCUT2D eigenvalue weighted by Crippen LogP contribution is -2.33. The van der Waals surface area contributed by atoms with E-state index in [1.807, 2.05) is 0 Å². The molecule has 0 radical (unpaired) electrons. The summed E-state index contributed by atoms with van der Waals surface area (Å²) in [5, 5.41) is 3.14. The Bertz CT molecular complexity index is 828. The first kappa shape index (κ1) is 18.7. The molecule has 2 aromatic rings. The summed E-state index contributed by atoms with van der Waals surface area (Å²) in [6.45, 7) is 0.535. The second-order valence-corrected chi connectivity index (χ2v) is 9.03. The Morgan fingerprint density at radius 2 is 1.81 bits per heavy atom. The van der Waals surface area contributed by atoms with Crippen LogP contribution in [-0.2, 0) is 16.4 Å². The van der Waals surface area contributed by atoms with Crippen molar-refractivity contribution in [2.24, 2.45) is 0 Å². The van der Waals surface area contributed by atoms with Gasteiger partial charge in [0.2, 0.25) is 0 Å². The van der Waals surface area contributed by atoms with Gasteiger partial charge in [-0.3, -0.25) is 0 Å². The molecule has 0 spiro atoms. The van der Waals surface area contributed by atoms with Gasteiger partial charge < -0.3 is 10.2 Å². The smallest absolute Gasteiger partial charge is 0.179 e. The summed E-state index contributed by atoms with van der Waals surface area (Å²) in [7, 11) is -1.12. The van der Waals surface area contributed by atoms with Crippen molar-refractivity contribution in [3.05, 3.63) is 48.2 Å². The van der Waals surface area contributed by atoms with E-state index in [1.54, 1.807) is 18.3 Å². The van der Waals surface area contributed by atoms with Gasteiger partial charge in [-0.25, -0.2) is 13.4 Å². The van der Waals surface area contributed by atoms with Crippen molar-refractivity contribution in [1.29, 1.82) is 0 Å². The van der Waals surface area contributed by atoms with Crippen molar-refractivity contribution in [3.8, 4) is 0 Å². The normalized spacial score (nSPS) is 15.6. The van der Waals surface area contributed by atoms with Crippen LogP contribution >= 0.6 is 0 Å². The van der Waals surface area contributed by atoms with Gasteiger partial charge >= 0.3 is 0 Å². The van der Waals surface area contributed by atoms with Gasteiger partial charge in [-0.05, 0) is 42.7 Å². The number of sulfone groups is 1. The molecule has 3 rings (SSSR count). The largest absolute Gasteiger partial charge is 0.372 e. The van der Waals surface area contributed by atoms with Gasteiger partial charge in [0.15, 0.2) is 9.84 Å². The van der Waals surface area contributed by atoms with E-state index in [-0.39, 0.29) is 4.90 Å². The van der Waals surface area contributed by atoms with Crippen molar-refractivity contribution in [2.75, 3.05) is 23.5 Å². The Morgan fingerprint density at radius 3 is 2.46 bits per heavy atom. The lowest BCUT2D eigenvalue weighted by atomic mass is 9.94. The van der Waals surface area contributed by atoms with Crippen molar-refractivity contribution >= 4 is 21.3 Å². The minimum absolute atomic E-state index is 0.230. The SMILES string of the molecule is CN(c1ccc(CNc2ncccc2S(C)(=O)=O)cc1)C1CCCCC1. The van der Waals surface area contributed by atoms with Crippen molar-refractivity contribution in [1.82, 2.24) is 4.98 Å². The Morgan fingerprint density at radius 1 is 1.12 bits per heavy atom. The lowest BCUT2D eigenvalue weighted by Gasteiger charge is -2.33. The van der Waals surface area contributed by atoms with Crippen LogP contribution < -0.4 is 10.2 Å². The minimum Gasteiger partial charge on any atom is -0.372 e. The quantitative estimate of drug-likeness (QED) is 0.833. The molecule has 5 nitrogen and oxygen atoms in total. The Hall–Kier alpha value is -2.08. The van der Waals surface area contributed by atoms with Crippen LogP contribution in [0.25, 0.3) is 0 Å². The van der Waals surface area contributed by atoms with Crippen molar-refractivity contribution in [2.45, 2.75) is 49.6 Å². The van der Waals surface area contributed by atoms with E-state index < -0.39 is 9.84 Å². The van der Waals surface area contributed by atoms with E-state index in [0.29, 0.717) is 18.4 Å². The third-order valence-electron chi connectivity index (χ3n) is 5.10. The van der Waals surface area contributed by atoms with Gasteiger partial charge in [0, 0.05) is 37.8 Å². The first-order chi connectivity index (χ1) is 12.4. The predicted molar refractivity (Wildman–Crippen MR) is 106 cm³/mol. The maximum atomic E-state index is 11.8. The molecule has 0 atom stereocenters. The molecule has 1 saturated carbocycles. The molecule has 1 aromatic heterocycles. The number of hydrogen-bond acceptors (Lipinski definition) is 5. The number of benzene rings is 1. The van der Waals surface area contributed by atoms with Crippen molar-refractivity contribution in [3.63, 3.8) is 0 Å². The maximum absolute atomic E-state index is 11.8. The number of nitrogens with one attached hydrogen (secondary N) is 1. The zero-order valence-corrected chi connectivity index (χ0v) is 16.3. The molecule has 6 heteroatoms. The van der Waals surface area contributed by atoms with Crippen LogP contribution in [0.4, 0.5) is 11.5 Å². The monoisotopic (exact) mass is 373 g/mol. The summed E-state index contributed by atoms with van der Waals surface area (Å²) in [6.07, 6.45) is 9.34. The molecule has 0 amide bonds. The number of pyridine rings is 1. The summed E-state index contributed by atoms with van der Waals surface area (Å²) >= 11 is 0. The third-order valence-corrected chi connectivity index (χ3v) is 6.22. The molecule has 140 valence electrons. The van der Waals surface area contributed by atoms with Crippen LogP contribution in [0.3, 0.4) is 0 Å². The van der Waals surface area contributed by atoms with E-state index in [2.05, 4.69) is 46.5 Å². The molecular weight excluding hydrogens is 346 g/mol. The molecule has 1 aliphatic carbocycles. The summed E-state index contributed by atoms with van der Waals surface area (Å²) in [5.41, 5.74) is 2.33. The number of rotatable bonds is 6. The third kappa shape index (κ3) is 4.55. The first-order valence-corrected chi connectivity index (χ1v) is 11.0. The molecule has 0 unspecified atom stereocenters. The topological polar surface area (TPSA) is 62.3 Å². The second-order valence-electron chi connectivity index (χ2n) is 7.05. The average Bonchev–Trinajstić information content (AvgIpc) is 2.66. The van der Waals surface area contributed by atoms with Gasteiger partial charge in [0.05, 0.1) is 0 Å². The van der Waals surface area contributed by atoms with Crippen LogP contribution in [0, 0.1) is 0 Å². The van der Waals surface area contributed by atoms with Crippen LogP contribution in [-0.4, -0.2) is 32.7 Å². The molecule has 1 aliphatic rings. The number of anilines is 2. The van der Waals surface area contributed by atoms with E-state index >= 15 is 0 Å². The average molecular weight is 374 g/mol. The summed E-state index contributed by atoms with van der Waals surface area (Å²) in [6, 6.07) is 12.3. The van der Waals surface area contributed by atoms with E-state index in [1.165, 1.54) is 44.0 Å². The highest BCUT2D eigenvalue weighted by Crippen LogP contribution is 2.26. The van der Waals surface area contributed by atoms with Crippen LogP contribution in [0.1, 0.15) is 37.7 Å². The van der Waals surface area contributed by atoms with E-state index in [9.17, 15) is 8.42 Å². The summed E-state index contributed by atoms with van der Waals surface area (Å²) in [4.78, 5) is 6.78. The molecule has 1 heterocycles. The molecule has 0 bridgehead atoms. The molecular formula is C20H27N3O2S. The minimum atomic E-state index is -3.30. The number of nitrogens with zero attached hydrogens (tertiary/aromatic N) is 2.